The van der Waals surface area contributed by atoms with Crippen LogP contribution in [0.15, 0.2) is 158 Å². The van der Waals surface area contributed by atoms with E-state index in [1.165, 1.54) is 44.5 Å². The summed E-state index contributed by atoms with van der Waals surface area (Å²) in [7, 11) is 0. The van der Waals surface area contributed by atoms with Gasteiger partial charge in [-0.05, 0) is 81.6 Å². The average Bonchev–Trinajstić information content (AvgIpc) is 3.50. The molecule has 0 unspecified atom stereocenters. The standard InChI is InChI=1S/C51H40N2/c1-3-51(4-2)45-33-37(15-13-35-17-23-41(24-18-35)49-31-27-39-9-5-7-11-47(39)52-49)21-29-43(45)44-30-22-38(34-46(44)51)16-14-36-19-25-42(26-20-36)50-32-28-40-10-6-8-12-48(40)53-50/h5-34H,3-4H2,1-2H3/b15-13+,16-14+. The molecule has 1 aliphatic carbocycles. The summed E-state index contributed by atoms with van der Waals surface area (Å²) in [5.74, 6) is 0. The Bertz CT molecular complexity index is 2490. The summed E-state index contributed by atoms with van der Waals surface area (Å²) in [6.45, 7) is 4.68. The fourth-order valence-corrected chi connectivity index (χ4v) is 8.12. The van der Waals surface area contributed by atoms with Gasteiger partial charge in [-0.25, -0.2) is 9.97 Å². The Kier molecular flexibility index (Phi) is 8.37. The fourth-order valence-electron chi connectivity index (χ4n) is 8.12. The van der Waals surface area contributed by atoms with Crippen molar-refractivity contribution in [1.82, 2.24) is 9.97 Å². The van der Waals surface area contributed by atoms with E-state index in [2.05, 4.69) is 184 Å². The van der Waals surface area contributed by atoms with E-state index >= 15 is 0 Å². The Morgan fingerprint density at radius 1 is 0.415 bits per heavy atom. The second kappa shape index (κ2) is 13.6. The monoisotopic (exact) mass is 680 g/mol. The molecule has 0 aliphatic heterocycles. The highest BCUT2D eigenvalue weighted by atomic mass is 14.7. The molecule has 1 aliphatic rings. The minimum absolute atomic E-state index is 0.0125. The smallest absolute Gasteiger partial charge is 0.0709 e. The highest BCUT2D eigenvalue weighted by Gasteiger charge is 2.40. The summed E-state index contributed by atoms with van der Waals surface area (Å²) >= 11 is 0. The fraction of sp³-hybridized carbons (Fsp3) is 0.0980. The second-order valence-corrected chi connectivity index (χ2v) is 14.1. The lowest BCUT2D eigenvalue weighted by atomic mass is 9.73. The molecule has 0 fully saturated rings. The van der Waals surface area contributed by atoms with Crippen LogP contribution in [0, 0.1) is 0 Å². The normalized spacial score (nSPS) is 13.2. The maximum atomic E-state index is 4.87. The predicted molar refractivity (Wildman–Crippen MR) is 225 cm³/mol. The molecule has 53 heavy (non-hydrogen) atoms. The van der Waals surface area contributed by atoms with E-state index in [1.54, 1.807) is 0 Å². The predicted octanol–water partition coefficient (Wildman–Crippen LogP) is 13.5. The first kappa shape index (κ1) is 32.5. The third kappa shape index (κ3) is 6.07. The van der Waals surface area contributed by atoms with Crippen molar-refractivity contribution in [3.8, 4) is 33.6 Å². The van der Waals surface area contributed by atoms with E-state index in [0.29, 0.717) is 0 Å². The minimum Gasteiger partial charge on any atom is -0.248 e. The molecular weight excluding hydrogens is 641 g/mol. The van der Waals surface area contributed by atoms with Gasteiger partial charge in [0.1, 0.15) is 0 Å². The molecule has 6 aromatic carbocycles. The largest absolute Gasteiger partial charge is 0.248 e. The Morgan fingerprint density at radius 3 is 1.25 bits per heavy atom. The Hall–Kier alpha value is -6.38. The van der Waals surface area contributed by atoms with Gasteiger partial charge in [0, 0.05) is 27.3 Å². The molecule has 2 heterocycles. The number of pyridine rings is 2. The van der Waals surface area contributed by atoms with Gasteiger partial charge in [0.15, 0.2) is 0 Å². The summed E-state index contributed by atoms with van der Waals surface area (Å²) in [6.07, 6.45) is 11.0. The molecule has 0 spiro atoms. The molecule has 0 saturated heterocycles. The molecule has 0 amide bonds. The second-order valence-electron chi connectivity index (χ2n) is 14.1. The van der Waals surface area contributed by atoms with E-state index in [9.17, 15) is 0 Å². The summed E-state index contributed by atoms with van der Waals surface area (Å²) in [5, 5.41) is 2.32. The zero-order valence-electron chi connectivity index (χ0n) is 30.1. The number of rotatable bonds is 8. The first-order valence-electron chi connectivity index (χ1n) is 18.7. The molecule has 2 heteroatoms. The molecule has 8 aromatic rings. The Labute approximate surface area is 311 Å². The zero-order valence-corrected chi connectivity index (χ0v) is 30.1. The molecule has 2 aromatic heterocycles. The van der Waals surface area contributed by atoms with E-state index in [0.717, 1.165) is 57.2 Å². The molecular formula is C51H40N2. The number of aromatic nitrogens is 2. The van der Waals surface area contributed by atoms with Crippen LogP contribution in [-0.4, -0.2) is 9.97 Å². The molecule has 9 rings (SSSR count). The van der Waals surface area contributed by atoms with E-state index in [4.69, 9.17) is 9.97 Å². The molecule has 0 saturated carbocycles. The van der Waals surface area contributed by atoms with E-state index in [-0.39, 0.29) is 5.41 Å². The van der Waals surface area contributed by atoms with Crippen molar-refractivity contribution in [3.63, 3.8) is 0 Å². The number of fused-ring (bicyclic) bond motifs is 5. The SMILES string of the molecule is CCC1(CC)c2cc(/C=C/c3ccc(-c4ccc5ccccc5n4)cc3)ccc2-c2ccc(/C=C/c3ccc(-c4ccc5ccccc5n4)cc3)cc21. The molecule has 254 valence electrons. The molecule has 0 N–H and O–H groups in total. The number of hydrogen-bond acceptors (Lipinski definition) is 2. The lowest BCUT2D eigenvalue weighted by Gasteiger charge is -2.30. The van der Waals surface area contributed by atoms with E-state index in [1.807, 2.05) is 12.1 Å². The van der Waals surface area contributed by atoms with Crippen LogP contribution in [0.1, 0.15) is 60.1 Å². The van der Waals surface area contributed by atoms with Gasteiger partial charge in [-0.1, -0.05) is 172 Å². The Balaban J connectivity index is 0.937. The first-order chi connectivity index (χ1) is 26.1. The van der Waals surface area contributed by atoms with Crippen molar-refractivity contribution < 1.29 is 0 Å². The maximum absolute atomic E-state index is 4.87. The van der Waals surface area contributed by atoms with Crippen LogP contribution in [0.5, 0.6) is 0 Å². The summed E-state index contributed by atoms with van der Waals surface area (Å²) < 4.78 is 0. The zero-order chi connectivity index (χ0) is 35.8. The van der Waals surface area contributed by atoms with Gasteiger partial charge in [-0.3, -0.25) is 0 Å². The van der Waals surface area contributed by atoms with Gasteiger partial charge < -0.3 is 0 Å². The number of nitrogens with zero attached hydrogens (tertiary/aromatic N) is 2. The lowest BCUT2D eigenvalue weighted by Crippen LogP contribution is -2.23. The number of hydrogen-bond donors (Lipinski definition) is 0. The van der Waals surface area contributed by atoms with Crippen LogP contribution in [-0.2, 0) is 5.41 Å². The molecule has 0 atom stereocenters. The van der Waals surface area contributed by atoms with Crippen molar-refractivity contribution in [1.29, 1.82) is 0 Å². The first-order valence-corrected chi connectivity index (χ1v) is 18.7. The lowest BCUT2D eigenvalue weighted by molar-refractivity contribution is 0.490. The Morgan fingerprint density at radius 2 is 0.811 bits per heavy atom. The summed E-state index contributed by atoms with van der Waals surface area (Å²) in [5.41, 5.74) is 16.7. The van der Waals surface area contributed by atoms with Gasteiger partial charge in [-0.2, -0.15) is 0 Å². The minimum atomic E-state index is -0.0125. The quantitative estimate of drug-likeness (QED) is 0.149. The topological polar surface area (TPSA) is 25.8 Å². The third-order valence-electron chi connectivity index (χ3n) is 11.2. The van der Waals surface area contributed by atoms with Crippen LogP contribution >= 0.6 is 0 Å². The van der Waals surface area contributed by atoms with Gasteiger partial charge >= 0.3 is 0 Å². The molecule has 2 nitrogen and oxygen atoms in total. The van der Waals surface area contributed by atoms with Crippen LogP contribution in [0.25, 0.3) is 79.8 Å². The van der Waals surface area contributed by atoms with Gasteiger partial charge in [0.25, 0.3) is 0 Å². The van der Waals surface area contributed by atoms with Crippen LogP contribution in [0.4, 0.5) is 0 Å². The molecule has 0 bridgehead atoms. The van der Waals surface area contributed by atoms with Gasteiger partial charge in [0.2, 0.25) is 0 Å². The van der Waals surface area contributed by atoms with Crippen LogP contribution < -0.4 is 0 Å². The summed E-state index contributed by atoms with van der Waals surface area (Å²) in [4.78, 5) is 9.75. The molecule has 0 radical (unpaired) electrons. The van der Waals surface area contributed by atoms with Gasteiger partial charge in [0.05, 0.1) is 22.4 Å². The maximum Gasteiger partial charge on any atom is 0.0709 e. The van der Waals surface area contributed by atoms with Crippen molar-refractivity contribution in [3.05, 3.63) is 191 Å². The number of para-hydroxylation sites is 2. The van der Waals surface area contributed by atoms with Crippen molar-refractivity contribution >= 4 is 46.1 Å². The van der Waals surface area contributed by atoms with Gasteiger partial charge in [-0.15, -0.1) is 0 Å². The number of benzene rings is 6. The average molecular weight is 681 g/mol. The van der Waals surface area contributed by atoms with E-state index < -0.39 is 0 Å². The highest BCUT2D eigenvalue weighted by molar-refractivity contribution is 5.86. The van der Waals surface area contributed by atoms with Crippen molar-refractivity contribution in [2.75, 3.05) is 0 Å². The third-order valence-corrected chi connectivity index (χ3v) is 11.2. The van der Waals surface area contributed by atoms with Crippen molar-refractivity contribution in [2.24, 2.45) is 0 Å². The van der Waals surface area contributed by atoms with Crippen LogP contribution in [0.3, 0.4) is 0 Å². The van der Waals surface area contributed by atoms with Crippen LogP contribution in [0.2, 0.25) is 0 Å². The summed E-state index contributed by atoms with van der Waals surface area (Å²) in [6, 6.07) is 56.4. The van der Waals surface area contributed by atoms with Crippen molar-refractivity contribution in [2.45, 2.75) is 32.1 Å². The highest BCUT2D eigenvalue weighted by Crippen LogP contribution is 2.53.